The molecule has 1 N–H and O–H groups in total. The number of halogens is 1. The highest BCUT2D eigenvalue weighted by Gasteiger charge is 2.19. The van der Waals surface area contributed by atoms with E-state index in [1.807, 2.05) is 0 Å². The van der Waals surface area contributed by atoms with Gasteiger partial charge in [-0.15, -0.1) is 0 Å². The second kappa shape index (κ2) is 7.13. The Morgan fingerprint density at radius 1 is 1.58 bits per heavy atom. The number of hydrogen-bond donors (Lipinski definition) is 1. The Morgan fingerprint density at radius 3 is 2.84 bits per heavy atom. The largest absolute Gasteiger partial charge is 0.389 e. The van der Waals surface area contributed by atoms with Crippen LogP contribution in [0.4, 0.5) is 10.1 Å². The summed E-state index contributed by atoms with van der Waals surface area (Å²) in [5.41, 5.74) is -0.243. The first-order valence-corrected chi connectivity index (χ1v) is 5.73. The van der Waals surface area contributed by atoms with Crippen LogP contribution in [0, 0.1) is 15.9 Å². The van der Waals surface area contributed by atoms with Crippen LogP contribution in [0.1, 0.15) is 5.56 Å². The van der Waals surface area contributed by atoms with E-state index >= 15 is 0 Å². The summed E-state index contributed by atoms with van der Waals surface area (Å²) < 4.78 is 18.4. The number of nitro benzene ring substituents is 1. The minimum absolute atomic E-state index is 0.0135. The third kappa shape index (κ3) is 4.55. The quantitative estimate of drug-likeness (QED) is 0.595. The third-order valence-electron chi connectivity index (χ3n) is 2.60. The van der Waals surface area contributed by atoms with Gasteiger partial charge in [-0.1, -0.05) is 6.07 Å². The van der Waals surface area contributed by atoms with E-state index in [0.717, 1.165) is 0 Å². The molecular weight excluding hydrogens is 255 g/mol. The van der Waals surface area contributed by atoms with Crippen molar-refractivity contribution in [3.8, 4) is 0 Å². The van der Waals surface area contributed by atoms with E-state index in [0.29, 0.717) is 0 Å². The summed E-state index contributed by atoms with van der Waals surface area (Å²) in [5.74, 6) is -0.623. The van der Waals surface area contributed by atoms with Crippen LogP contribution in [0.25, 0.3) is 0 Å². The molecule has 0 aromatic heterocycles. The van der Waals surface area contributed by atoms with Gasteiger partial charge >= 0.3 is 0 Å². The predicted molar refractivity (Wildman–Crippen MR) is 67.3 cm³/mol. The summed E-state index contributed by atoms with van der Waals surface area (Å²) in [6, 6.07) is 3.75. The summed E-state index contributed by atoms with van der Waals surface area (Å²) in [6.07, 6.45) is -0.721. The molecule has 1 aromatic rings. The third-order valence-corrected chi connectivity index (χ3v) is 2.60. The van der Waals surface area contributed by atoms with Crippen LogP contribution < -0.4 is 0 Å². The van der Waals surface area contributed by atoms with Crippen molar-refractivity contribution in [2.45, 2.75) is 12.6 Å². The van der Waals surface area contributed by atoms with Crippen molar-refractivity contribution >= 4 is 5.69 Å². The molecule has 1 rings (SSSR count). The molecule has 0 amide bonds. The van der Waals surface area contributed by atoms with Gasteiger partial charge in [-0.05, 0) is 13.1 Å². The van der Waals surface area contributed by atoms with E-state index in [2.05, 4.69) is 0 Å². The van der Waals surface area contributed by atoms with E-state index in [1.165, 1.54) is 25.3 Å². The first kappa shape index (κ1) is 15.5. The average Bonchev–Trinajstić information content (AvgIpc) is 2.31. The van der Waals surface area contributed by atoms with Crippen LogP contribution in [0.5, 0.6) is 0 Å². The van der Waals surface area contributed by atoms with Gasteiger partial charge in [0.15, 0.2) is 0 Å². The number of methoxy groups -OCH3 is 1. The molecule has 1 unspecified atom stereocenters. The van der Waals surface area contributed by atoms with Crippen LogP contribution >= 0.6 is 0 Å². The van der Waals surface area contributed by atoms with Gasteiger partial charge in [0.25, 0.3) is 5.69 Å². The fraction of sp³-hybridized carbons (Fsp3) is 0.500. The summed E-state index contributed by atoms with van der Waals surface area (Å²) in [4.78, 5) is 11.8. The van der Waals surface area contributed by atoms with Crippen molar-refractivity contribution in [2.75, 3.05) is 27.3 Å². The molecule has 0 bridgehead atoms. The first-order valence-electron chi connectivity index (χ1n) is 5.73. The molecule has 106 valence electrons. The van der Waals surface area contributed by atoms with Gasteiger partial charge in [0.1, 0.15) is 5.82 Å². The number of nitrogens with zero attached hydrogens (tertiary/aromatic N) is 2. The molecule has 7 heteroatoms. The number of aliphatic hydroxyl groups excluding tert-OH is 1. The van der Waals surface area contributed by atoms with Crippen molar-refractivity contribution in [2.24, 2.45) is 0 Å². The smallest absolute Gasteiger partial charge is 0.276 e. The van der Waals surface area contributed by atoms with E-state index in [1.54, 1.807) is 11.9 Å². The van der Waals surface area contributed by atoms with Gasteiger partial charge in [0.2, 0.25) is 0 Å². The Bertz CT molecular complexity index is 442. The van der Waals surface area contributed by atoms with Crippen molar-refractivity contribution in [1.82, 2.24) is 4.90 Å². The Kier molecular flexibility index (Phi) is 5.81. The molecule has 0 saturated heterocycles. The number of benzene rings is 1. The van der Waals surface area contributed by atoms with E-state index in [4.69, 9.17) is 4.74 Å². The van der Waals surface area contributed by atoms with Gasteiger partial charge in [-0.2, -0.15) is 0 Å². The van der Waals surface area contributed by atoms with Crippen LogP contribution in [0.15, 0.2) is 18.2 Å². The Labute approximate surface area is 110 Å². The lowest BCUT2D eigenvalue weighted by atomic mass is 10.1. The lowest BCUT2D eigenvalue weighted by Crippen LogP contribution is -2.32. The van der Waals surface area contributed by atoms with Crippen molar-refractivity contribution in [1.29, 1.82) is 0 Å². The van der Waals surface area contributed by atoms with Gasteiger partial charge in [0, 0.05) is 26.3 Å². The molecule has 19 heavy (non-hydrogen) atoms. The van der Waals surface area contributed by atoms with Crippen molar-refractivity contribution in [3.05, 3.63) is 39.7 Å². The minimum atomic E-state index is -0.721. The molecular formula is C12H17FN2O4. The summed E-state index contributed by atoms with van der Waals surface area (Å²) >= 11 is 0. The summed E-state index contributed by atoms with van der Waals surface area (Å²) in [5, 5.41) is 20.4. The highest BCUT2D eigenvalue weighted by Crippen LogP contribution is 2.22. The van der Waals surface area contributed by atoms with Crippen LogP contribution in [-0.4, -0.2) is 48.3 Å². The normalized spacial score (nSPS) is 12.7. The van der Waals surface area contributed by atoms with Crippen molar-refractivity contribution in [3.63, 3.8) is 0 Å². The molecule has 1 atom stereocenters. The number of ether oxygens (including phenoxy) is 1. The van der Waals surface area contributed by atoms with Crippen LogP contribution in [-0.2, 0) is 11.3 Å². The highest BCUT2D eigenvalue weighted by molar-refractivity contribution is 5.40. The second-order valence-electron chi connectivity index (χ2n) is 4.30. The SMILES string of the molecule is COCC(O)CN(C)Cc1c(F)cccc1[N+](=O)[O-]. The molecule has 6 nitrogen and oxygen atoms in total. The van der Waals surface area contributed by atoms with Crippen LogP contribution in [0.3, 0.4) is 0 Å². The maximum Gasteiger partial charge on any atom is 0.276 e. The Balaban J connectivity index is 2.78. The molecule has 0 aliphatic heterocycles. The zero-order valence-electron chi connectivity index (χ0n) is 10.9. The standard InChI is InChI=1S/C12H17FN2O4/c1-14(6-9(16)8-19-2)7-10-11(13)4-3-5-12(10)15(17)18/h3-5,9,16H,6-8H2,1-2H3. The lowest BCUT2D eigenvalue weighted by Gasteiger charge is -2.20. The number of nitro groups is 1. The maximum absolute atomic E-state index is 13.6. The molecule has 0 fully saturated rings. The predicted octanol–water partition coefficient (Wildman–Crippen LogP) is 1.17. The summed E-state index contributed by atoms with van der Waals surface area (Å²) in [7, 11) is 3.11. The lowest BCUT2D eigenvalue weighted by molar-refractivity contribution is -0.385. The molecule has 0 aliphatic rings. The van der Waals surface area contributed by atoms with Gasteiger partial charge in [-0.25, -0.2) is 4.39 Å². The molecule has 0 radical (unpaired) electrons. The fourth-order valence-electron chi connectivity index (χ4n) is 1.81. The number of rotatable bonds is 7. The average molecular weight is 272 g/mol. The Hall–Kier alpha value is -1.57. The number of likely N-dealkylation sites (N-methyl/N-ethyl adjacent to an activating group) is 1. The molecule has 0 saturated carbocycles. The van der Waals surface area contributed by atoms with Crippen molar-refractivity contribution < 1.29 is 19.2 Å². The minimum Gasteiger partial charge on any atom is -0.389 e. The molecule has 0 aliphatic carbocycles. The molecule has 0 heterocycles. The van der Waals surface area contributed by atoms with E-state index in [-0.39, 0.29) is 30.9 Å². The van der Waals surface area contributed by atoms with E-state index < -0.39 is 16.8 Å². The van der Waals surface area contributed by atoms with Gasteiger partial charge in [0.05, 0.1) is 23.2 Å². The zero-order chi connectivity index (χ0) is 14.4. The Morgan fingerprint density at radius 2 is 2.26 bits per heavy atom. The van der Waals surface area contributed by atoms with Crippen LogP contribution in [0.2, 0.25) is 0 Å². The summed E-state index contributed by atoms with van der Waals surface area (Å²) in [6.45, 7) is 0.437. The topological polar surface area (TPSA) is 75.8 Å². The molecule has 0 spiro atoms. The zero-order valence-corrected chi connectivity index (χ0v) is 10.9. The van der Waals surface area contributed by atoms with Gasteiger partial charge in [-0.3, -0.25) is 15.0 Å². The van der Waals surface area contributed by atoms with Gasteiger partial charge < -0.3 is 9.84 Å². The fourth-order valence-corrected chi connectivity index (χ4v) is 1.81. The first-order chi connectivity index (χ1) is 8.95. The molecule has 1 aromatic carbocycles. The van der Waals surface area contributed by atoms with E-state index in [9.17, 15) is 19.6 Å². The maximum atomic E-state index is 13.6. The number of hydrogen-bond acceptors (Lipinski definition) is 5. The highest BCUT2D eigenvalue weighted by atomic mass is 19.1. The monoisotopic (exact) mass is 272 g/mol. The second-order valence-corrected chi connectivity index (χ2v) is 4.30. The number of aliphatic hydroxyl groups is 1.